The van der Waals surface area contributed by atoms with Gasteiger partial charge in [0, 0.05) is 6.54 Å². The number of benzene rings is 1. The van der Waals surface area contributed by atoms with E-state index in [9.17, 15) is 0 Å². The molecule has 1 atom stereocenters. The van der Waals surface area contributed by atoms with E-state index in [1.54, 1.807) is 0 Å². The Balaban J connectivity index is 1.58. The number of nitrogens with one attached hydrogen (secondary N) is 1. The normalized spacial score (nSPS) is 15.7. The maximum atomic E-state index is 5.67. The van der Waals surface area contributed by atoms with Crippen molar-refractivity contribution in [3.63, 3.8) is 0 Å². The van der Waals surface area contributed by atoms with E-state index in [0.717, 1.165) is 31.1 Å². The smallest absolute Gasteiger partial charge is 0.168 e. The Kier molecular flexibility index (Phi) is 4.68. The van der Waals surface area contributed by atoms with E-state index in [1.807, 2.05) is 16.8 Å². The van der Waals surface area contributed by atoms with Gasteiger partial charge in [0.1, 0.15) is 5.75 Å². The van der Waals surface area contributed by atoms with Gasteiger partial charge >= 0.3 is 0 Å². The molecule has 1 unspecified atom stereocenters. The van der Waals surface area contributed by atoms with Crippen LogP contribution < -0.4 is 10.1 Å². The van der Waals surface area contributed by atoms with Crippen LogP contribution in [0.1, 0.15) is 56.6 Å². The third kappa shape index (κ3) is 3.62. The van der Waals surface area contributed by atoms with Gasteiger partial charge in [-0.15, -0.1) is 5.10 Å². The Hall–Kier alpha value is -1.95. The molecule has 118 valence electrons. The molecule has 6 heteroatoms. The minimum Gasteiger partial charge on any atom is -0.494 e. The lowest BCUT2D eigenvalue weighted by molar-refractivity contribution is 0.317. The van der Waals surface area contributed by atoms with Gasteiger partial charge in [0.05, 0.1) is 18.7 Å². The SMILES string of the molecule is CCCOc1cccc(CNC(C)c2nnnn2C2CC2)c1. The monoisotopic (exact) mass is 301 g/mol. The van der Waals surface area contributed by atoms with Crippen LogP contribution in [0.25, 0.3) is 0 Å². The van der Waals surface area contributed by atoms with Crippen LogP contribution in [0.2, 0.25) is 0 Å². The average molecular weight is 301 g/mol. The lowest BCUT2D eigenvalue weighted by Crippen LogP contribution is -2.22. The van der Waals surface area contributed by atoms with E-state index in [2.05, 4.69) is 46.8 Å². The first-order chi connectivity index (χ1) is 10.8. The van der Waals surface area contributed by atoms with Gasteiger partial charge in [-0.2, -0.15) is 0 Å². The van der Waals surface area contributed by atoms with E-state index in [1.165, 1.54) is 18.4 Å². The third-order valence-corrected chi connectivity index (χ3v) is 3.78. The maximum Gasteiger partial charge on any atom is 0.168 e. The van der Waals surface area contributed by atoms with Crippen molar-refractivity contribution in [1.29, 1.82) is 0 Å². The Bertz CT molecular complexity index is 608. The molecule has 1 fully saturated rings. The zero-order valence-electron chi connectivity index (χ0n) is 13.2. The zero-order chi connectivity index (χ0) is 15.4. The highest BCUT2D eigenvalue weighted by Gasteiger charge is 2.29. The Morgan fingerprint density at radius 2 is 2.27 bits per heavy atom. The number of rotatable bonds is 8. The largest absolute Gasteiger partial charge is 0.494 e. The van der Waals surface area contributed by atoms with Gasteiger partial charge in [0.25, 0.3) is 0 Å². The molecule has 22 heavy (non-hydrogen) atoms. The summed E-state index contributed by atoms with van der Waals surface area (Å²) in [6.07, 6.45) is 3.38. The number of aromatic nitrogens is 4. The van der Waals surface area contributed by atoms with Crippen molar-refractivity contribution >= 4 is 0 Å². The predicted molar refractivity (Wildman–Crippen MR) is 83.6 cm³/mol. The molecule has 6 nitrogen and oxygen atoms in total. The summed E-state index contributed by atoms with van der Waals surface area (Å²) in [5.74, 6) is 1.84. The van der Waals surface area contributed by atoms with Crippen LogP contribution in [0.15, 0.2) is 24.3 Å². The highest BCUT2D eigenvalue weighted by molar-refractivity contribution is 5.28. The molecule has 0 radical (unpaired) electrons. The van der Waals surface area contributed by atoms with Crippen molar-refractivity contribution < 1.29 is 4.74 Å². The number of tetrazole rings is 1. The van der Waals surface area contributed by atoms with Crippen molar-refractivity contribution in [2.45, 2.75) is 51.7 Å². The molecule has 1 aromatic carbocycles. The van der Waals surface area contributed by atoms with Crippen LogP contribution in [-0.4, -0.2) is 26.8 Å². The van der Waals surface area contributed by atoms with E-state index in [-0.39, 0.29) is 6.04 Å². The van der Waals surface area contributed by atoms with Gasteiger partial charge in [-0.25, -0.2) is 4.68 Å². The van der Waals surface area contributed by atoms with Gasteiger partial charge in [-0.3, -0.25) is 0 Å². The van der Waals surface area contributed by atoms with Gasteiger partial charge in [0.15, 0.2) is 5.82 Å². The van der Waals surface area contributed by atoms with Crippen LogP contribution >= 0.6 is 0 Å². The predicted octanol–water partition coefficient (Wildman–Crippen LogP) is 2.65. The summed E-state index contributed by atoms with van der Waals surface area (Å²) >= 11 is 0. The van der Waals surface area contributed by atoms with Gasteiger partial charge in [-0.05, 0) is 54.3 Å². The molecular formula is C16H23N5O. The Morgan fingerprint density at radius 1 is 1.41 bits per heavy atom. The fourth-order valence-electron chi connectivity index (χ4n) is 2.39. The molecule has 0 amide bonds. The number of hydrogen-bond acceptors (Lipinski definition) is 5. The number of ether oxygens (including phenoxy) is 1. The summed E-state index contributed by atoms with van der Waals surface area (Å²) in [5.41, 5.74) is 1.20. The van der Waals surface area contributed by atoms with Crippen molar-refractivity contribution in [1.82, 2.24) is 25.5 Å². The van der Waals surface area contributed by atoms with Crippen LogP contribution in [0.5, 0.6) is 5.75 Å². The molecule has 0 bridgehead atoms. The molecule has 1 aromatic heterocycles. The van der Waals surface area contributed by atoms with E-state index < -0.39 is 0 Å². The summed E-state index contributed by atoms with van der Waals surface area (Å²) in [6.45, 7) is 5.73. The van der Waals surface area contributed by atoms with E-state index >= 15 is 0 Å². The molecule has 0 saturated heterocycles. The summed E-state index contributed by atoms with van der Waals surface area (Å²) in [5, 5.41) is 15.6. The quantitative estimate of drug-likeness (QED) is 0.812. The highest BCUT2D eigenvalue weighted by atomic mass is 16.5. The van der Waals surface area contributed by atoms with E-state index in [4.69, 9.17) is 4.74 Å². The Labute approximate surface area is 130 Å². The second kappa shape index (κ2) is 6.87. The molecule has 1 aliphatic rings. The second-order valence-corrected chi connectivity index (χ2v) is 5.81. The first-order valence-electron chi connectivity index (χ1n) is 8.00. The van der Waals surface area contributed by atoms with Crippen molar-refractivity contribution in [2.75, 3.05) is 6.61 Å². The molecule has 1 heterocycles. The lowest BCUT2D eigenvalue weighted by Gasteiger charge is -2.14. The maximum absolute atomic E-state index is 5.67. The second-order valence-electron chi connectivity index (χ2n) is 5.81. The van der Waals surface area contributed by atoms with Gasteiger partial charge in [0.2, 0.25) is 0 Å². The van der Waals surface area contributed by atoms with Gasteiger partial charge in [-0.1, -0.05) is 19.1 Å². The van der Waals surface area contributed by atoms with Crippen molar-refractivity contribution in [3.05, 3.63) is 35.7 Å². The standard InChI is InChI=1S/C16H23N5O/c1-3-9-22-15-6-4-5-13(10-15)11-17-12(2)16-18-19-20-21(16)14-7-8-14/h4-6,10,12,14,17H,3,7-9,11H2,1-2H3. The molecule has 0 aliphatic heterocycles. The average Bonchev–Trinajstić information content (AvgIpc) is 3.28. The van der Waals surface area contributed by atoms with Gasteiger partial charge < -0.3 is 10.1 Å². The van der Waals surface area contributed by atoms with Crippen molar-refractivity contribution in [3.8, 4) is 5.75 Å². The van der Waals surface area contributed by atoms with Crippen LogP contribution in [0.3, 0.4) is 0 Å². The first kappa shape index (κ1) is 15.0. The summed E-state index contributed by atoms with van der Waals surface area (Å²) < 4.78 is 7.63. The highest BCUT2D eigenvalue weighted by Crippen LogP contribution is 2.35. The summed E-state index contributed by atoms with van der Waals surface area (Å²) in [7, 11) is 0. The topological polar surface area (TPSA) is 64.9 Å². The van der Waals surface area contributed by atoms with Crippen LogP contribution in [-0.2, 0) is 6.54 Å². The minimum atomic E-state index is 0.121. The lowest BCUT2D eigenvalue weighted by atomic mass is 10.2. The van der Waals surface area contributed by atoms with Crippen molar-refractivity contribution in [2.24, 2.45) is 0 Å². The molecule has 3 rings (SSSR count). The third-order valence-electron chi connectivity index (χ3n) is 3.78. The minimum absolute atomic E-state index is 0.121. The first-order valence-corrected chi connectivity index (χ1v) is 8.00. The molecular weight excluding hydrogens is 278 g/mol. The fourth-order valence-corrected chi connectivity index (χ4v) is 2.39. The zero-order valence-corrected chi connectivity index (χ0v) is 13.2. The fraction of sp³-hybridized carbons (Fsp3) is 0.562. The molecule has 1 aliphatic carbocycles. The molecule has 2 aromatic rings. The summed E-state index contributed by atoms with van der Waals surface area (Å²) in [6, 6.07) is 8.83. The molecule has 1 N–H and O–H groups in total. The number of nitrogens with zero attached hydrogens (tertiary/aromatic N) is 4. The van der Waals surface area contributed by atoms with E-state index in [0.29, 0.717) is 6.04 Å². The molecule has 1 saturated carbocycles. The van der Waals surface area contributed by atoms with Crippen LogP contribution in [0.4, 0.5) is 0 Å². The number of hydrogen-bond donors (Lipinski definition) is 1. The summed E-state index contributed by atoms with van der Waals surface area (Å²) in [4.78, 5) is 0. The molecule has 0 spiro atoms. The Morgan fingerprint density at radius 3 is 3.05 bits per heavy atom. The van der Waals surface area contributed by atoms with Crippen LogP contribution in [0, 0.1) is 0 Å².